The minimum atomic E-state index is -1.82. The van der Waals surface area contributed by atoms with Crippen molar-refractivity contribution in [2.45, 2.75) is 353 Å². The fourth-order valence-corrected chi connectivity index (χ4v) is 11.3. The molecule has 1 rings (SSSR count). The Bertz CT molecular complexity index is 1640. The van der Waals surface area contributed by atoms with Crippen LogP contribution < -0.4 is 10.6 Å². The van der Waals surface area contributed by atoms with Crippen LogP contribution in [0.15, 0.2) is 6.20 Å². The monoisotopic (exact) mass is 1180 g/mol. The molecule has 0 aliphatic carbocycles. The van der Waals surface area contributed by atoms with Crippen molar-refractivity contribution in [1.29, 1.82) is 0 Å². The molecule has 0 radical (unpaired) electrons. The molecule has 0 saturated carbocycles. The van der Waals surface area contributed by atoms with Gasteiger partial charge in [0.25, 0.3) is 0 Å². The van der Waals surface area contributed by atoms with Crippen LogP contribution in [-0.4, -0.2) is 126 Å². The zero-order chi connectivity index (χ0) is 59.9. The van der Waals surface area contributed by atoms with E-state index >= 15 is 0 Å². The maximum Gasteiger partial charge on any atom is 0.306 e. The summed E-state index contributed by atoms with van der Waals surface area (Å²) >= 11 is 1.30. The van der Waals surface area contributed by atoms with E-state index in [4.69, 9.17) is 14.6 Å². The van der Waals surface area contributed by atoms with Crippen LogP contribution in [0.4, 0.5) is 5.82 Å². The molecule has 480 valence electrons. The molecule has 82 heavy (non-hydrogen) atoms. The van der Waals surface area contributed by atoms with Gasteiger partial charge in [-0.2, -0.15) is 11.8 Å². The molecule has 2 amide bonds. The average molecular weight is 1180 g/mol. The fourth-order valence-electron chi connectivity index (χ4n) is 10.3. The lowest BCUT2D eigenvalue weighted by atomic mass is 10.0. The molecule has 0 spiro atoms. The van der Waals surface area contributed by atoms with Gasteiger partial charge in [0.05, 0.1) is 19.3 Å². The summed E-state index contributed by atoms with van der Waals surface area (Å²) in [6.45, 7) is 5.45. The molecule has 0 aliphatic heterocycles. The van der Waals surface area contributed by atoms with Crippen LogP contribution in [0.25, 0.3) is 0 Å². The topological polar surface area (TPSA) is 243 Å². The Hall–Kier alpha value is -2.83. The highest BCUT2D eigenvalue weighted by Crippen LogP contribution is 2.19. The molecular formula is C65H123N5O11S. The van der Waals surface area contributed by atoms with E-state index in [0.29, 0.717) is 12.8 Å². The number of aromatic nitrogens is 3. The number of thioether (sulfide) groups is 1. The molecule has 6 atom stereocenters. The third-order valence-corrected chi connectivity index (χ3v) is 16.9. The zero-order valence-electron chi connectivity index (χ0n) is 52.3. The van der Waals surface area contributed by atoms with Crippen LogP contribution in [0.3, 0.4) is 0 Å². The standard InChI is InChI=1S/C65H123N5O11S/c1-4-7-10-13-16-19-22-25-28-31-34-37-40-43-46-60(74)66-56(65(79)67-59-50-70(69-68-59)49-57(72)63(77)64(78)58(73)51-71)54-82-53-55(81-62(76)48-45-42-39-36-33-30-27-24-21-18-15-12-9-6-3)52-80-61(75)47-44-41-38-35-32-29-26-23-20-17-14-11-8-5-2/h50,55-58,63-64,71-73,77-78H,4-49,51-54H2,1-3H3,(H,66,74)(H,67,79). The Morgan fingerprint density at radius 3 is 1.27 bits per heavy atom. The van der Waals surface area contributed by atoms with Gasteiger partial charge in [-0.3, -0.25) is 19.2 Å². The number of aliphatic hydroxyl groups is 5. The van der Waals surface area contributed by atoms with Crippen LogP contribution in [0, 0.1) is 0 Å². The lowest BCUT2D eigenvalue weighted by Crippen LogP contribution is -2.47. The third kappa shape index (κ3) is 45.5. The van der Waals surface area contributed by atoms with Gasteiger partial charge in [-0.1, -0.05) is 276 Å². The number of ether oxygens (including phenoxy) is 2. The van der Waals surface area contributed by atoms with Gasteiger partial charge in [0.15, 0.2) is 5.82 Å². The lowest BCUT2D eigenvalue weighted by molar-refractivity contribution is -0.157. The van der Waals surface area contributed by atoms with E-state index < -0.39 is 49.1 Å². The van der Waals surface area contributed by atoms with Crippen LogP contribution in [0.1, 0.15) is 310 Å². The van der Waals surface area contributed by atoms with Crippen molar-refractivity contribution in [3.63, 3.8) is 0 Å². The van der Waals surface area contributed by atoms with E-state index in [2.05, 4.69) is 41.7 Å². The van der Waals surface area contributed by atoms with Crippen molar-refractivity contribution >= 4 is 41.3 Å². The molecule has 0 aliphatic rings. The van der Waals surface area contributed by atoms with Gasteiger partial charge in [0.2, 0.25) is 11.8 Å². The van der Waals surface area contributed by atoms with Crippen LogP contribution in [0.5, 0.6) is 0 Å². The molecule has 17 heteroatoms. The first-order chi connectivity index (χ1) is 39.9. The van der Waals surface area contributed by atoms with Crippen molar-refractivity contribution in [3.8, 4) is 0 Å². The Morgan fingerprint density at radius 2 is 0.866 bits per heavy atom. The first-order valence-electron chi connectivity index (χ1n) is 33.7. The van der Waals surface area contributed by atoms with Gasteiger partial charge in [0.1, 0.15) is 43.2 Å². The third-order valence-electron chi connectivity index (χ3n) is 15.7. The van der Waals surface area contributed by atoms with E-state index in [9.17, 15) is 39.6 Å². The first kappa shape index (κ1) is 77.2. The van der Waals surface area contributed by atoms with Gasteiger partial charge in [-0.15, -0.1) is 5.10 Å². The van der Waals surface area contributed by atoms with E-state index in [-0.39, 0.29) is 67.6 Å². The van der Waals surface area contributed by atoms with Crippen molar-refractivity contribution < 1.29 is 54.2 Å². The minimum absolute atomic E-state index is 0.000117. The van der Waals surface area contributed by atoms with E-state index in [1.807, 2.05) is 0 Å². The smallest absolute Gasteiger partial charge is 0.306 e. The number of nitrogens with one attached hydrogen (secondary N) is 2. The minimum Gasteiger partial charge on any atom is -0.462 e. The number of hydrogen-bond donors (Lipinski definition) is 7. The van der Waals surface area contributed by atoms with E-state index in [1.54, 1.807) is 0 Å². The number of aliphatic hydroxyl groups excluding tert-OH is 5. The van der Waals surface area contributed by atoms with Gasteiger partial charge in [0, 0.05) is 30.8 Å². The van der Waals surface area contributed by atoms with Crippen LogP contribution in [-0.2, 0) is 35.2 Å². The Morgan fingerprint density at radius 1 is 0.500 bits per heavy atom. The predicted molar refractivity (Wildman–Crippen MR) is 335 cm³/mol. The number of nitrogens with zero attached hydrogens (tertiary/aromatic N) is 3. The normalized spacial score (nSPS) is 13.8. The van der Waals surface area contributed by atoms with Gasteiger partial charge < -0.3 is 45.6 Å². The zero-order valence-corrected chi connectivity index (χ0v) is 53.1. The van der Waals surface area contributed by atoms with Crippen molar-refractivity contribution in [2.75, 3.05) is 30.0 Å². The molecule has 1 aromatic heterocycles. The first-order valence-corrected chi connectivity index (χ1v) is 34.9. The van der Waals surface area contributed by atoms with Crippen LogP contribution >= 0.6 is 11.8 Å². The number of rotatable bonds is 61. The van der Waals surface area contributed by atoms with E-state index in [0.717, 1.165) is 62.5 Å². The molecule has 6 unspecified atom stereocenters. The number of carbonyl (C=O) groups is 4. The SMILES string of the molecule is CCCCCCCCCCCCCCCCC(=O)NC(CSCC(COC(=O)CCCCCCCCCCCCCCCC)OC(=O)CCCCCCCCCCCCCCCC)C(=O)Nc1cn(CC(O)C(O)C(O)C(O)CO)nn1. The maximum absolute atomic E-state index is 13.9. The molecule has 1 heterocycles. The second-order valence-electron chi connectivity index (χ2n) is 23.6. The van der Waals surface area contributed by atoms with Crippen LogP contribution in [0.2, 0.25) is 0 Å². The maximum atomic E-state index is 13.9. The Labute approximate surface area is 502 Å². The molecule has 0 bridgehead atoms. The Kier molecular flexibility index (Phi) is 52.7. The van der Waals surface area contributed by atoms with Gasteiger partial charge in [-0.25, -0.2) is 4.68 Å². The highest BCUT2D eigenvalue weighted by atomic mass is 32.2. The summed E-state index contributed by atoms with van der Waals surface area (Å²) in [4.78, 5) is 53.6. The number of unbranched alkanes of at least 4 members (excludes halogenated alkanes) is 39. The fraction of sp³-hybridized carbons (Fsp3) is 0.908. The highest BCUT2D eigenvalue weighted by molar-refractivity contribution is 7.99. The molecule has 0 aromatic carbocycles. The van der Waals surface area contributed by atoms with Gasteiger partial charge in [-0.05, 0) is 19.3 Å². The predicted octanol–water partition coefficient (Wildman–Crippen LogP) is 13.9. The lowest BCUT2D eigenvalue weighted by Gasteiger charge is -2.25. The van der Waals surface area contributed by atoms with E-state index in [1.165, 1.54) is 217 Å². The molecule has 7 N–H and O–H groups in total. The molecule has 16 nitrogen and oxygen atoms in total. The molecule has 0 saturated heterocycles. The summed E-state index contributed by atoms with van der Waals surface area (Å²) in [6, 6.07) is -1.04. The number of anilines is 1. The number of amides is 2. The summed E-state index contributed by atoms with van der Waals surface area (Å²) in [6.07, 6.45) is 45.1. The van der Waals surface area contributed by atoms with Crippen molar-refractivity contribution in [3.05, 3.63) is 6.20 Å². The molecule has 1 aromatic rings. The second kappa shape index (κ2) is 56.0. The largest absolute Gasteiger partial charge is 0.462 e. The average Bonchev–Trinajstić information content (AvgIpc) is 3.95. The highest BCUT2D eigenvalue weighted by Gasteiger charge is 2.31. The summed E-state index contributed by atoms with van der Waals surface area (Å²) in [5, 5.41) is 63.2. The second-order valence-corrected chi connectivity index (χ2v) is 24.7. The summed E-state index contributed by atoms with van der Waals surface area (Å²) in [5.74, 6) is -1.25. The Balaban J connectivity index is 2.87. The number of esters is 2. The quantitative estimate of drug-likeness (QED) is 0.0237. The van der Waals surface area contributed by atoms with Crippen molar-refractivity contribution in [2.24, 2.45) is 0 Å². The van der Waals surface area contributed by atoms with Gasteiger partial charge >= 0.3 is 11.9 Å². The summed E-state index contributed by atoms with van der Waals surface area (Å²) in [7, 11) is 0. The van der Waals surface area contributed by atoms with Crippen molar-refractivity contribution in [1.82, 2.24) is 20.3 Å². The summed E-state index contributed by atoms with van der Waals surface area (Å²) < 4.78 is 12.8. The number of hydrogen-bond acceptors (Lipinski definition) is 14. The molecular weight excluding hydrogens is 1060 g/mol. The molecule has 0 fully saturated rings. The summed E-state index contributed by atoms with van der Waals surface area (Å²) in [5.41, 5.74) is 0. The number of carbonyl (C=O) groups excluding carboxylic acids is 4.